The molecule has 0 saturated heterocycles. The summed E-state index contributed by atoms with van der Waals surface area (Å²) in [6.45, 7) is 5.13. The van der Waals surface area contributed by atoms with Crippen LogP contribution < -0.4 is 4.90 Å². The number of rotatable bonds is 4. The van der Waals surface area contributed by atoms with Crippen molar-refractivity contribution in [3.8, 4) is 33.4 Å². The van der Waals surface area contributed by atoms with Crippen LogP contribution >= 0.6 is 0 Å². The summed E-state index contributed by atoms with van der Waals surface area (Å²) in [5.41, 5.74) is 18.8. The Hall–Kier alpha value is -4.88. The first-order valence-electron chi connectivity index (χ1n) is 21.5. The van der Waals surface area contributed by atoms with Crippen LogP contribution in [0.25, 0.3) is 33.4 Å². The maximum Gasteiger partial charge on any atom is 0.0543 e. The Kier molecular flexibility index (Phi) is 6.95. The molecular weight excluding hydrogens is 663 g/mol. The molecule has 6 aromatic rings. The fourth-order valence-electron chi connectivity index (χ4n) is 14.3. The topological polar surface area (TPSA) is 3.24 Å². The number of benzene rings is 6. The highest BCUT2D eigenvalue weighted by Crippen LogP contribution is 2.68. The predicted molar refractivity (Wildman–Crippen MR) is 228 cm³/mol. The number of hydrogen-bond acceptors (Lipinski definition) is 1. The van der Waals surface area contributed by atoms with E-state index in [1.807, 2.05) is 0 Å². The Morgan fingerprint density at radius 1 is 0.491 bits per heavy atom. The van der Waals surface area contributed by atoms with Gasteiger partial charge in [-0.3, -0.25) is 0 Å². The quantitative estimate of drug-likeness (QED) is 0.176. The van der Waals surface area contributed by atoms with E-state index < -0.39 is 0 Å². The highest BCUT2D eigenvalue weighted by atomic mass is 15.1. The Morgan fingerprint density at radius 3 is 1.98 bits per heavy atom. The molecule has 8 atom stereocenters. The van der Waals surface area contributed by atoms with E-state index in [0.717, 1.165) is 23.7 Å². The Labute approximate surface area is 327 Å². The fraction of sp³-hybridized carbons (Fsp3) is 0.333. The molecular formula is C54H51N. The van der Waals surface area contributed by atoms with E-state index in [9.17, 15) is 0 Å². The molecule has 0 amide bonds. The average molecular weight is 714 g/mol. The first kappa shape index (κ1) is 32.4. The molecule has 12 rings (SSSR count). The maximum absolute atomic E-state index is 2.67. The van der Waals surface area contributed by atoms with Crippen LogP contribution in [0, 0.1) is 35.5 Å². The lowest BCUT2D eigenvalue weighted by atomic mass is 9.49. The summed E-state index contributed by atoms with van der Waals surface area (Å²) in [6, 6.07) is 54.2. The van der Waals surface area contributed by atoms with Gasteiger partial charge in [-0.2, -0.15) is 0 Å². The first-order valence-corrected chi connectivity index (χ1v) is 21.5. The summed E-state index contributed by atoms with van der Waals surface area (Å²) in [6.07, 6.45) is 10.9. The van der Waals surface area contributed by atoms with Gasteiger partial charge in [0.05, 0.1) is 5.69 Å². The van der Waals surface area contributed by atoms with Crippen LogP contribution in [0.3, 0.4) is 0 Å². The smallest absolute Gasteiger partial charge is 0.0543 e. The third-order valence-electron chi connectivity index (χ3n) is 16.0. The third-order valence-corrected chi connectivity index (χ3v) is 16.0. The Bertz CT molecular complexity index is 2470. The van der Waals surface area contributed by atoms with Crippen LogP contribution in [0.15, 0.2) is 140 Å². The number of anilines is 3. The molecule has 1 nitrogen and oxygen atoms in total. The second-order valence-electron chi connectivity index (χ2n) is 18.7. The van der Waals surface area contributed by atoms with Crippen molar-refractivity contribution in [2.45, 2.75) is 76.0 Å². The van der Waals surface area contributed by atoms with Gasteiger partial charge in [0.2, 0.25) is 0 Å². The number of nitrogens with zero attached hydrogens (tertiary/aromatic N) is 1. The van der Waals surface area contributed by atoms with Gasteiger partial charge < -0.3 is 4.90 Å². The van der Waals surface area contributed by atoms with Gasteiger partial charge in [0, 0.05) is 27.8 Å². The Balaban J connectivity index is 1.09. The number of hydrogen-bond donors (Lipinski definition) is 0. The van der Waals surface area contributed by atoms with Gasteiger partial charge in [0.1, 0.15) is 0 Å². The summed E-state index contributed by atoms with van der Waals surface area (Å²) in [5, 5.41) is 0. The van der Waals surface area contributed by atoms with Gasteiger partial charge in [-0.1, -0.05) is 129 Å². The molecule has 4 saturated carbocycles. The van der Waals surface area contributed by atoms with E-state index >= 15 is 0 Å². The van der Waals surface area contributed by atoms with Gasteiger partial charge in [0.15, 0.2) is 0 Å². The lowest BCUT2D eigenvalue weighted by Crippen LogP contribution is -2.49. The summed E-state index contributed by atoms with van der Waals surface area (Å²) in [7, 11) is 0. The van der Waals surface area contributed by atoms with E-state index in [-0.39, 0.29) is 10.8 Å². The van der Waals surface area contributed by atoms with E-state index in [2.05, 4.69) is 158 Å². The molecule has 3 unspecified atom stereocenters. The minimum Gasteiger partial charge on any atom is -0.310 e. The first-order chi connectivity index (χ1) is 27.0. The minimum atomic E-state index is 0.0499. The van der Waals surface area contributed by atoms with E-state index in [1.165, 1.54) is 102 Å². The zero-order chi connectivity index (χ0) is 36.5. The predicted octanol–water partition coefficient (Wildman–Crippen LogP) is 14.3. The second kappa shape index (κ2) is 11.8. The lowest BCUT2D eigenvalue weighted by molar-refractivity contribution is 0.0426. The van der Waals surface area contributed by atoms with Gasteiger partial charge in [-0.25, -0.2) is 0 Å². The molecule has 0 aliphatic heterocycles. The summed E-state index contributed by atoms with van der Waals surface area (Å²) in [5.74, 6) is 4.51. The molecule has 0 radical (unpaired) electrons. The van der Waals surface area contributed by atoms with Gasteiger partial charge in [0.25, 0.3) is 0 Å². The highest BCUT2D eigenvalue weighted by Gasteiger charge is 2.58. The monoisotopic (exact) mass is 713 g/mol. The molecule has 0 heterocycles. The normalized spacial score (nSPS) is 30.3. The second-order valence-corrected chi connectivity index (χ2v) is 18.7. The maximum atomic E-state index is 2.67. The molecule has 4 bridgehead atoms. The number of fused-ring (bicyclic) bond motifs is 16. The Morgan fingerprint density at radius 2 is 1.18 bits per heavy atom. The zero-order valence-electron chi connectivity index (χ0n) is 32.3. The van der Waals surface area contributed by atoms with E-state index in [0.29, 0.717) is 11.8 Å². The van der Waals surface area contributed by atoms with E-state index in [1.54, 1.807) is 22.3 Å². The standard InChI is InChI=1S/C54H51N/c1-34-27-37-29-35(2)54(41(28-34)31-37)48-16-9-6-13-44(48)45-26-25-43(32-50(45)54)55(42-23-20-39(21-24-42)38-11-4-3-5-12-38)51-18-10-17-49-52(51)46-14-7-8-15-47(46)53(49)33-36-19-22-40(53)30-36/h3-18,20-21,23-26,32,34-37,40-41H,19,22,27-31,33H2,1-2H3/t34-,35+,36?,37?,40?,41+,53-,54-/m1/s1. The largest absolute Gasteiger partial charge is 0.310 e. The van der Waals surface area contributed by atoms with Crippen molar-refractivity contribution in [3.05, 3.63) is 162 Å². The van der Waals surface area contributed by atoms with Crippen LogP contribution in [-0.4, -0.2) is 0 Å². The van der Waals surface area contributed by atoms with Crippen molar-refractivity contribution in [1.29, 1.82) is 0 Å². The van der Waals surface area contributed by atoms with Gasteiger partial charge in [-0.05, 0) is 161 Å². The van der Waals surface area contributed by atoms with Crippen molar-refractivity contribution in [2.75, 3.05) is 4.90 Å². The van der Waals surface area contributed by atoms with Crippen molar-refractivity contribution < 1.29 is 0 Å². The van der Waals surface area contributed by atoms with Crippen molar-refractivity contribution >= 4 is 17.1 Å². The van der Waals surface area contributed by atoms with Gasteiger partial charge >= 0.3 is 0 Å². The fourth-order valence-corrected chi connectivity index (χ4v) is 14.3. The summed E-state index contributed by atoms with van der Waals surface area (Å²) in [4.78, 5) is 2.65. The molecule has 272 valence electrons. The van der Waals surface area contributed by atoms with Crippen molar-refractivity contribution in [3.63, 3.8) is 0 Å². The van der Waals surface area contributed by atoms with Gasteiger partial charge in [-0.15, -0.1) is 0 Å². The molecule has 2 spiro atoms. The van der Waals surface area contributed by atoms with Crippen LogP contribution in [0.4, 0.5) is 17.1 Å². The van der Waals surface area contributed by atoms with Crippen LogP contribution in [0.5, 0.6) is 0 Å². The SMILES string of the molecule is C[C@@H]1CC2C[C@H](C1)[C@@]1(c3ccccc3-c3ccc(N(c4ccc(-c5ccccc5)cc4)c4cccc5c4-c4ccccc4[C@]54CC5CCC4C5)cc31)[C@@H](C)C2. The average Bonchev–Trinajstić information content (AvgIpc) is 3.98. The van der Waals surface area contributed by atoms with Crippen LogP contribution in [0.2, 0.25) is 0 Å². The third kappa shape index (κ3) is 4.36. The van der Waals surface area contributed by atoms with Crippen LogP contribution in [-0.2, 0) is 10.8 Å². The molecule has 1 heteroatoms. The lowest BCUT2D eigenvalue weighted by Gasteiger charge is -2.54. The summed E-state index contributed by atoms with van der Waals surface area (Å²) < 4.78 is 0. The molecule has 6 aliphatic rings. The molecule has 0 aromatic heterocycles. The van der Waals surface area contributed by atoms with Crippen molar-refractivity contribution in [1.82, 2.24) is 0 Å². The molecule has 6 aliphatic carbocycles. The van der Waals surface area contributed by atoms with Crippen LogP contribution in [0.1, 0.15) is 87.5 Å². The zero-order valence-corrected chi connectivity index (χ0v) is 32.3. The van der Waals surface area contributed by atoms with Crippen molar-refractivity contribution in [2.24, 2.45) is 35.5 Å². The molecule has 55 heavy (non-hydrogen) atoms. The molecule has 0 N–H and O–H groups in total. The molecule has 4 fully saturated rings. The van der Waals surface area contributed by atoms with E-state index in [4.69, 9.17) is 0 Å². The molecule has 6 aromatic carbocycles. The minimum absolute atomic E-state index is 0.0499. The summed E-state index contributed by atoms with van der Waals surface area (Å²) >= 11 is 0. The highest BCUT2D eigenvalue weighted by molar-refractivity contribution is 5.96.